The first-order chi connectivity index (χ1) is 9.09. The molecule has 5 nitrogen and oxygen atoms in total. The first-order valence-electron chi connectivity index (χ1n) is 6.50. The quantitative estimate of drug-likeness (QED) is 0.764. The summed E-state index contributed by atoms with van der Waals surface area (Å²) < 4.78 is 5.27. The van der Waals surface area contributed by atoms with E-state index in [1.165, 1.54) is 0 Å². The van der Waals surface area contributed by atoms with Gasteiger partial charge in [0, 0.05) is 24.5 Å². The topological polar surface area (TPSA) is 73.1 Å². The van der Waals surface area contributed by atoms with Gasteiger partial charge in [-0.05, 0) is 19.1 Å². The highest BCUT2D eigenvalue weighted by Crippen LogP contribution is 2.30. The molecule has 108 valence electrons. The molecule has 0 unspecified atom stereocenters. The van der Waals surface area contributed by atoms with Crippen LogP contribution >= 0.6 is 11.8 Å². The molecule has 19 heavy (non-hydrogen) atoms. The summed E-state index contributed by atoms with van der Waals surface area (Å²) in [6.45, 7) is 5.66. The van der Waals surface area contributed by atoms with Crippen LogP contribution in [0.1, 0.15) is 32.5 Å². The van der Waals surface area contributed by atoms with Crippen LogP contribution in [0.2, 0.25) is 0 Å². The Morgan fingerprint density at radius 1 is 1.37 bits per heavy atom. The average molecular weight is 284 g/mol. The van der Waals surface area contributed by atoms with Crippen LogP contribution in [-0.4, -0.2) is 34.6 Å². The van der Waals surface area contributed by atoms with Crippen LogP contribution in [0, 0.1) is 0 Å². The molecule has 0 atom stereocenters. The number of thioether (sulfide) groups is 1. The minimum absolute atomic E-state index is 0.237. The Morgan fingerprint density at radius 2 is 2.05 bits per heavy atom. The van der Waals surface area contributed by atoms with Crippen molar-refractivity contribution in [3.05, 3.63) is 11.9 Å². The third-order valence-corrected chi connectivity index (χ3v) is 4.97. The molecule has 1 aromatic heterocycles. The number of rotatable bonds is 8. The van der Waals surface area contributed by atoms with E-state index < -0.39 is 0 Å². The zero-order valence-corrected chi connectivity index (χ0v) is 13.0. The molecule has 1 aromatic rings. The Morgan fingerprint density at radius 3 is 2.58 bits per heavy atom. The lowest BCUT2D eigenvalue weighted by Crippen LogP contribution is -2.32. The fraction of sp³-hybridized carbons (Fsp3) is 0.692. The number of nitrogens with one attached hydrogen (secondary N) is 1. The molecule has 1 heterocycles. The summed E-state index contributed by atoms with van der Waals surface area (Å²) in [6, 6.07) is 1.76. The van der Waals surface area contributed by atoms with Crippen LogP contribution in [0.5, 0.6) is 0 Å². The summed E-state index contributed by atoms with van der Waals surface area (Å²) in [5, 5.41) is 3.37. The molecule has 0 saturated heterocycles. The molecule has 0 radical (unpaired) electrons. The molecule has 0 aliphatic carbocycles. The molecule has 0 aliphatic rings. The molecule has 0 fully saturated rings. The number of anilines is 2. The van der Waals surface area contributed by atoms with Crippen molar-refractivity contribution < 1.29 is 4.74 Å². The normalized spacial score (nSPS) is 11.6. The van der Waals surface area contributed by atoms with Crippen molar-refractivity contribution in [3.8, 4) is 0 Å². The standard InChI is InChI=1S/C13H24N4OS/c1-5-13(6-2,19-4)9-15-11-7-10(14)16-12(17-11)8-18-3/h7H,5-6,8-9H2,1-4H3,(H3,14,15,16,17). The largest absolute Gasteiger partial charge is 0.384 e. The number of nitrogens with two attached hydrogens (primary N) is 1. The van der Waals surface area contributed by atoms with E-state index in [0.29, 0.717) is 18.2 Å². The number of methoxy groups -OCH3 is 1. The number of ether oxygens (including phenoxy) is 1. The van der Waals surface area contributed by atoms with Crippen molar-refractivity contribution in [3.63, 3.8) is 0 Å². The van der Waals surface area contributed by atoms with E-state index in [1.807, 2.05) is 11.8 Å². The minimum atomic E-state index is 0.237. The molecule has 3 N–H and O–H groups in total. The second-order valence-electron chi connectivity index (χ2n) is 4.48. The Bertz CT molecular complexity index is 388. The zero-order valence-electron chi connectivity index (χ0n) is 12.2. The van der Waals surface area contributed by atoms with E-state index in [4.69, 9.17) is 10.5 Å². The van der Waals surface area contributed by atoms with E-state index in [1.54, 1.807) is 13.2 Å². The summed E-state index contributed by atoms with van der Waals surface area (Å²) in [5.74, 6) is 1.83. The molecular weight excluding hydrogens is 260 g/mol. The van der Waals surface area contributed by atoms with Gasteiger partial charge in [0.05, 0.1) is 0 Å². The fourth-order valence-corrected chi connectivity index (χ4v) is 2.71. The maximum absolute atomic E-state index is 5.77. The Labute approximate surface area is 119 Å². The fourth-order valence-electron chi connectivity index (χ4n) is 1.91. The Kier molecular flexibility index (Phi) is 6.37. The molecule has 0 bridgehead atoms. The van der Waals surface area contributed by atoms with Crippen molar-refractivity contribution in [2.75, 3.05) is 31.0 Å². The maximum atomic E-state index is 5.77. The highest BCUT2D eigenvalue weighted by Gasteiger charge is 2.24. The number of nitrogens with zero attached hydrogens (tertiary/aromatic N) is 2. The van der Waals surface area contributed by atoms with E-state index >= 15 is 0 Å². The maximum Gasteiger partial charge on any atom is 0.158 e. The number of aromatic nitrogens is 2. The van der Waals surface area contributed by atoms with E-state index in [0.717, 1.165) is 25.2 Å². The minimum Gasteiger partial charge on any atom is -0.384 e. The SMILES string of the molecule is CCC(CC)(CNc1cc(N)nc(COC)n1)SC. The predicted molar refractivity (Wildman–Crippen MR) is 82.5 cm³/mol. The average Bonchev–Trinajstić information content (AvgIpc) is 2.41. The second-order valence-corrected chi connectivity index (χ2v) is 5.75. The summed E-state index contributed by atoms with van der Waals surface area (Å²) in [5.41, 5.74) is 5.77. The monoisotopic (exact) mass is 284 g/mol. The lowest BCUT2D eigenvalue weighted by molar-refractivity contribution is 0.178. The lowest BCUT2D eigenvalue weighted by atomic mass is 10.0. The molecule has 0 aliphatic heterocycles. The van der Waals surface area contributed by atoms with E-state index in [2.05, 4.69) is 35.4 Å². The first kappa shape index (κ1) is 16.0. The van der Waals surface area contributed by atoms with Crippen molar-refractivity contribution >= 4 is 23.4 Å². The van der Waals surface area contributed by atoms with Crippen LogP contribution in [0.3, 0.4) is 0 Å². The third-order valence-electron chi connectivity index (χ3n) is 3.38. The smallest absolute Gasteiger partial charge is 0.158 e. The molecule has 0 aromatic carbocycles. The summed E-state index contributed by atoms with van der Waals surface area (Å²) >= 11 is 1.89. The number of hydrogen-bond acceptors (Lipinski definition) is 6. The predicted octanol–water partition coefficient (Wildman–Crippen LogP) is 2.54. The van der Waals surface area contributed by atoms with Gasteiger partial charge in [-0.1, -0.05) is 13.8 Å². The molecule has 1 rings (SSSR count). The van der Waals surface area contributed by atoms with Gasteiger partial charge >= 0.3 is 0 Å². The van der Waals surface area contributed by atoms with Crippen LogP contribution in [-0.2, 0) is 11.3 Å². The summed E-state index contributed by atoms with van der Waals surface area (Å²) in [7, 11) is 1.62. The van der Waals surface area contributed by atoms with Crippen molar-refractivity contribution in [1.29, 1.82) is 0 Å². The van der Waals surface area contributed by atoms with Crippen molar-refractivity contribution in [1.82, 2.24) is 9.97 Å². The van der Waals surface area contributed by atoms with Crippen LogP contribution < -0.4 is 11.1 Å². The van der Waals surface area contributed by atoms with Crippen molar-refractivity contribution in [2.24, 2.45) is 0 Å². The first-order valence-corrected chi connectivity index (χ1v) is 7.73. The van der Waals surface area contributed by atoms with Gasteiger partial charge < -0.3 is 15.8 Å². The molecular formula is C13H24N4OS. The van der Waals surface area contributed by atoms with Crippen LogP contribution in [0.15, 0.2) is 6.07 Å². The van der Waals surface area contributed by atoms with Gasteiger partial charge in [-0.25, -0.2) is 9.97 Å². The van der Waals surface area contributed by atoms with Gasteiger partial charge in [0.15, 0.2) is 5.82 Å². The van der Waals surface area contributed by atoms with Gasteiger partial charge in [0.2, 0.25) is 0 Å². The van der Waals surface area contributed by atoms with Crippen LogP contribution in [0.25, 0.3) is 0 Å². The molecule has 0 spiro atoms. The van der Waals surface area contributed by atoms with E-state index in [-0.39, 0.29) is 4.75 Å². The number of hydrogen-bond donors (Lipinski definition) is 2. The summed E-state index contributed by atoms with van der Waals surface area (Å²) in [4.78, 5) is 8.52. The highest BCUT2D eigenvalue weighted by atomic mass is 32.2. The van der Waals surface area contributed by atoms with Gasteiger partial charge in [-0.15, -0.1) is 0 Å². The van der Waals surface area contributed by atoms with E-state index in [9.17, 15) is 0 Å². The highest BCUT2D eigenvalue weighted by molar-refractivity contribution is 8.00. The summed E-state index contributed by atoms with van der Waals surface area (Å²) in [6.07, 6.45) is 4.38. The van der Waals surface area contributed by atoms with Crippen molar-refractivity contribution in [2.45, 2.75) is 38.0 Å². The van der Waals surface area contributed by atoms with Gasteiger partial charge in [-0.2, -0.15) is 11.8 Å². The zero-order chi connectivity index (χ0) is 14.3. The second kappa shape index (κ2) is 7.55. The molecule has 0 saturated carbocycles. The van der Waals surface area contributed by atoms with Gasteiger partial charge in [-0.3, -0.25) is 0 Å². The van der Waals surface area contributed by atoms with Gasteiger partial charge in [0.25, 0.3) is 0 Å². The Balaban J connectivity index is 2.76. The Hall–Kier alpha value is -1.01. The lowest BCUT2D eigenvalue weighted by Gasteiger charge is -2.30. The van der Waals surface area contributed by atoms with Gasteiger partial charge in [0.1, 0.15) is 18.2 Å². The molecule has 6 heteroatoms. The van der Waals surface area contributed by atoms with Crippen LogP contribution in [0.4, 0.5) is 11.6 Å². The number of nitrogen functional groups attached to an aromatic ring is 1. The molecule has 0 amide bonds. The third kappa shape index (κ3) is 4.54.